The summed E-state index contributed by atoms with van der Waals surface area (Å²) < 4.78 is 6.02. The van der Waals surface area contributed by atoms with Gasteiger partial charge in [-0.25, -0.2) is 0 Å². The molecule has 1 aliphatic carbocycles. The average Bonchev–Trinajstić information content (AvgIpc) is 3.20. The van der Waals surface area contributed by atoms with Crippen LogP contribution in [0, 0.1) is 11.3 Å². The number of aliphatic imine (C=N–C) groups is 1. The van der Waals surface area contributed by atoms with E-state index in [0.29, 0.717) is 5.92 Å². The Morgan fingerprint density at radius 1 is 1.17 bits per heavy atom. The summed E-state index contributed by atoms with van der Waals surface area (Å²) in [6, 6.07) is 10.5. The Bertz CT molecular complexity index is 600. The highest BCUT2D eigenvalue weighted by Gasteiger charge is 2.32. The number of ether oxygens (including phenoxy) is 1. The average molecular weight is 515 g/mol. The van der Waals surface area contributed by atoms with E-state index >= 15 is 0 Å². The number of halogens is 1. The Balaban J connectivity index is 0.00000300. The number of guanidine groups is 1. The first kappa shape index (κ1) is 24.4. The summed E-state index contributed by atoms with van der Waals surface area (Å²) in [5, 5.41) is 16.5. The smallest absolute Gasteiger partial charge is 0.191 e. The van der Waals surface area contributed by atoms with Gasteiger partial charge in [0.1, 0.15) is 0 Å². The molecule has 29 heavy (non-hydrogen) atoms. The zero-order valence-electron chi connectivity index (χ0n) is 17.7. The molecule has 0 bridgehead atoms. The fourth-order valence-corrected chi connectivity index (χ4v) is 4.70. The topological polar surface area (TPSA) is 65.9 Å². The maximum Gasteiger partial charge on any atom is 0.191 e. The number of aliphatic hydroxyl groups is 1. The van der Waals surface area contributed by atoms with E-state index in [1.165, 1.54) is 37.7 Å². The van der Waals surface area contributed by atoms with Gasteiger partial charge in [-0.2, -0.15) is 0 Å². The van der Waals surface area contributed by atoms with E-state index in [0.717, 1.165) is 45.0 Å². The Labute approximate surface area is 193 Å². The molecule has 6 heteroatoms. The van der Waals surface area contributed by atoms with Crippen LogP contribution >= 0.6 is 24.0 Å². The van der Waals surface area contributed by atoms with Gasteiger partial charge < -0.3 is 20.5 Å². The second kappa shape index (κ2) is 12.7. The molecule has 0 radical (unpaired) electrons. The molecule has 1 saturated heterocycles. The SMILES string of the molecule is CCNC(=NCC1(CCO)CCCCC1)NCC1CCOC1c1ccccc1.I. The first-order valence-electron chi connectivity index (χ1n) is 11.1. The lowest BCUT2D eigenvalue weighted by Gasteiger charge is -2.35. The molecule has 1 heterocycles. The second-order valence-corrected chi connectivity index (χ2v) is 8.36. The maximum absolute atomic E-state index is 9.54. The minimum atomic E-state index is 0. The van der Waals surface area contributed by atoms with Gasteiger partial charge in [-0.05, 0) is 43.6 Å². The fourth-order valence-electron chi connectivity index (χ4n) is 4.70. The van der Waals surface area contributed by atoms with E-state index in [1.54, 1.807) is 0 Å². The summed E-state index contributed by atoms with van der Waals surface area (Å²) in [6.45, 7) is 5.69. The highest BCUT2D eigenvalue weighted by molar-refractivity contribution is 14.0. The molecule has 2 unspecified atom stereocenters. The van der Waals surface area contributed by atoms with E-state index in [-0.39, 0.29) is 42.1 Å². The molecule has 3 rings (SSSR count). The van der Waals surface area contributed by atoms with Gasteiger partial charge in [-0.1, -0.05) is 49.6 Å². The zero-order chi connectivity index (χ0) is 19.7. The molecule has 164 valence electrons. The van der Waals surface area contributed by atoms with Gasteiger partial charge in [-0.3, -0.25) is 4.99 Å². The lowest BCUT2D eigenvalue weighted by atomic mass is 9.72. The van der Waals surface area contributed by atoms with E-state index in [1.807, 2.05) is 0 Å². The van der Waals surface area contributed by atoms with E-state index in [4.69, 9.17) is 9.73 Å². The summed E-state index contributed by atoms with van der Waals surface area (Å²) in [7, 11) is 0. The second-order valence-electron chi connectivity index (χ2n) is 8.36. The van der Waals surface area contributed by atoms with Crippen LogP contribution in [0.15, 0.2) is 35.3 Å². The van der Waals surface area contributed by atoms with Gasteiger partial charge in [0.2, 0.25) is 0 Å². The van der Waals surface area contributed by atoms with Crippen LogP contribution in [0.1, 0.15) is 63.5 Å². The van der Waals surface area contributed by atoms with Crippen molar-refractivity contribution in [2.45, 2.75) is 58.0 Å². The van der Waals surface area contributed by atoms with Gasteiger partial charge in [0.05, 0.1) is 6.10 Å². The monoisotopic (exact) mass is 515 g/mol. The summed E-state index contributed by atoms with van der Waals surface area (Å²) in [4.78, 5) is 4.93. The Morgan fingerprint density at radius 3 is 2.62 bits per heavy atom. The molecule has 2 aliphatic rings. The largest absolute Gasteiger partial charge is 0.396 e. The summed E-state index contributed by atoms with van der Waals surface area (Å²) in [6.07, 6.45) is 8.30. The van der Waals surface area contributed by atoms with Gasteiger partial charge >= 0.3 is 0 Å². The standard InChI is InChI=1S/C23H37N3O2.HI/c1-2-24-22(26-18-23(14-15-27)12-7-4-8-13-23)25-17-20-11-16-28-21(20)19-9-5-3-6-10-19;/h3,5-6,9-10,20-21,27H,2,4,7-8,11-18H2,1H3,(H2,24,25,26);1H. The third kappa shape index (κ3) is 7.10. The summed E-state index contributed by atoms with van der Waals surface area (Å²) in [5.41, 5.74) is 1.44. The number of rotatable bonds is 8. The number of nitrogens with one attached hydrogen (secondary N) is 2. The van der Waals surface area contributed by atoms with Crippen LogP contribution in [-0.4, -0.2) is 43.9 Å². The predicted molar refractivity (Wildman–Crippen MR) is 130 cm³/mol. The maximum atomic E-state index is 9.54. The quantitative estimate of drug-likeness (QED) is 0.275. The van der Waals surface area contributed by atoms with Crippen LogP contribution in [0.2, 0.25) is 0 Å². The van der Waals surface area contributed by atoms with Crippen molar-refractivity contribution in [1.82, 2.24) is 10.6 Å². The third-order valence-corrected chi connectivity index (χ3v) is 6.35. The van der Waals surface area contributed by atoms with Crippen LogP contribution in [-0.2, 0) is 4.74 Å². The number of hydrogen-bond acceptors (Lipinski definition) is 3. The van der Waals surface area contributed by atoms with Crippen LogP contribution < -0.4 is 10.6 Å². The predicted octanol–water partition coefficient (Wildman–Crippen LogP) is 4.27. The summed E-state index contributed by atoms with van der Waals surface area (Å²) >= 11 is 0. The molecule has 0 amide bonds. The minimum Gasteiger partial charge on any atom is -0.396 e. The molecular weight excluding hydrogens is 477 g/mol. The Morgan fingerprint density at radius 2 is 1.93 bits per heavy atom. The molecule has 5 nitrogen and oxygen atoms in total. The van der Waals surface area contributed by atoms with Crippen LogP contribution in [0.5, 0.6) is 0 Å². The summed E-state index contributed by atoms with van der Waals surface area (Å²) in [5.74, 6) is 1.34. The van der Waals surface area contributed by atoms with Gasteiger partial charge in [0.15, 0.2) is 5.96 Å². The molecule has 1 aromatic carbocycles. The van der Waals surface area contributed by atoms with Gasteiger partial charge in [0, 0.05) is 38.8 Å². The molecule has 3 N–H and O–H groups in total. The molecule has 2 atom stereocenters. The zero-order valence-corrected chi connectivity index (χ0v) is 20.1. The first-order valence-corrected chi connectivity index (χ1v) is 11.1. The van der Waals surface area contributed by atoms with E-state index < -0.39 is 0 Å². The third-order valence-electron chi connectivity index (χ3n) is 6.35. The van der Waals surface area contributed by atoms with Crippen molar-refractivity contribution in [3.05, 3.63) is 35.9 Å². The molecule has 1 aromatic rings. The first-order chi connectivity index (χ1) is 13.8. The lowest BCUT2D eigenvalue weighted by molar-refractivity contribution is 0.0915. The number of benzene rings is 1. The molecule has 0 spiro atoms. The molecule has 0 aromatic heterocycles. The van der Waals surface area contributed by atoms with E-state index in [9.17, 15) is 5.11 Å². The van der Waals surface area contributed by atoms with Crippen molar-refractivity contribution in [3.8, 4) is 0 Å². The molecule has 1 aliphatic heterocycles. The van der Waals surface area contributed by atoms with Crippen molar-refractivity contribution >= 4 is 29.9 Å². The number of hydrogen-bond donors (Lipinski definition) is 3. The number of nitrogens with zero attached hydrogens (tertiary/aromatic N) is 1. The van der Waals surface area contributed by atoms with Gasteiger partial charge in [-0.15, -0.1) is 24.0 Å². The highest BCUT2D eigenvalue weighted by atomic mass is 127. The van der Waals surface area contributed by atoms with Gasteiger partial charge in [0.25, 0.3) is 0 Å². The Hall–Kier alpha value is -0.860. The molecular formula is C23H38IN3O2. The minimum absolute atomic E-state index is 0. The number of aliphatic hydroxyl groups excluding tert-OH is 1. The molecule has 2 fully saturated rings. The normalized spacial score (nSPS) is 24.0. The fraction of sp³-hybridized carbons (Fsp3) is 0.696. The van der Waals surface area contributed by atoms with Crippen molar-refractivity contribution in [1.29, 1.82) is 0 Å². The van der Waals surface area contributed by atoms with Crippen molar-refractivity contribution in [2.75, 3.05) is 32.8 Å². The van der Waals surface area contributed by atoms with Crippen LogP contribution in [0.4, 0.5) is 0 Å². The highest BCUT2D eigenvalue weighted by Crippen LogP contribution is 2.39. The van der Waals surface area contributed by atoms with Crippen molar-refractivity contribution < 1.29 is 9.84 Å². The Kier molecular flexibility index (Phi) is 10.7. The molecule has 1 saturated carbocycles. The van der Waals surface area contributed by atoms with Crippen LogP contribution in [0.25, 0.3) is 0 Å². The van der Waals surface area contributed by atoms with Crippen molar-refractivity contribution in [3.63, 3.8) is 0 Å². The van der Waals surface area contributed by atoms with E-state index in [2.05, 4.69) is 47.9 Å². The lowest BCUT2D eigenvalue weighted by Crippen LogP contribution is -2.41. The van der Waals surface area contributed by atoms with Crippen molar-refractivity contribution in [2.24, 2.45) is 16.3 Å². The van der Waals surface area contributed by atoms with Crippen LogP contribution in [0.3, 0.4) is 0 Å².